The first-order chi connectivity index (χ1) is 7.04. The molecule has 1 aromatic rings. The minimum atomic E-state index is -4.37. The number of rotatable bonds is 2. The lowest BCUT2D eigenvalue weighted by molar-refractivity contribution is -0.137. The molecular formula is C10H12F3NO. The highest BCUT2D eigenvalue weighted by Crippen LogP contribution is 2.30. The third-order valence-corrected chi connectivity index (χ3v) is 1.42. The van der Waals surface area contributed by atoms with E-state index in [9.17, 15) is 18.0 Å². The second-order valence-corrected chi connectivity index (χ2v) is 2.34. The second-order valence-electron chi connectivity index (χ2n) is 2.34. The van der Waals surface area contributed by atoms with E-state index < -0.39 is 11.7 Å². The van der Waals surface area contributed by atoms with Gasteiger partial charge in [0.2, 0.25) is 6.41 Å². The molecule has 0 fully saturated rings. The molecule has 5 heteroatoms. The first-order valence-electron chi connectivity index (χ1n) is 4.41. The van der Waals surface area contributed by atoms with Gasteiger partial charge in [-0.05, 0) is 18.2 Å². The Bertz CT molecular complexity index is 310. The van der Waals surface area contributed by atoms with Gasteiger partial charge in [0.15, 0.2) is 0 Å². The summed E-state index contributed by atoms with van der Waals surface area (Å²) in [6.45, 7) is 4.00. The zero-order valence-electron chi connectivity index (χ0n) is 8.43. The van der Waals surface area contributed by atoms with E-state index in [-0.39, 0.29) is 5.69 Å². The number of hydrogen-bond donors (Lipinski definition) is 1. The van der Waals surface area contributed by atoms with Crippen molar-refractivity contribution in [1.82, 2.24) is 0 Å². The van der Waals surface area contributed by atoms with Gasteiger partial charge in [-0.15, -0.1) is 0 Å². The zero-order valence-corrected chi connectivity index (χ0v) is 8.43. The number of nitrogens with one attached hydrogen (secondary N) is 1. The molecule has 0 bridgehead atoms. The molecule has 0 atom stereocenters. The number of amides is 1. The molecule has 2 nitrogen and oxygen atoms in total. The predicted molar refractivity (Wildman–Crippen MR) is 52.5 cm³/mol. The molecule has 0 saturated carbocycles. The predicted octanol–water partition coefficient (Wildman–Crippen LogP) is 3.30. The number of hydrogen-bond acceptors (Lipinski definition) is 1. The molecule has 1 N–H and O–H groups in total. The highest BCUT2D eigenvalue weighted by molar-refractivity contribution is 5.71. The van der Waals surface area contributed by atoms with Gasteiger partial charge in [0.1, 0.15) is 0 Å². The number of alkyl halides is 3. The van der Waals surface area contributed by atoms with Crippen molar-refractivity contribution in [3.8, 4) is 0 Å². The summed E-state index contributed by atoms with van der Waals surface area (Å²) in [4.78, 5) is 9.94. The molecule has 0 aliphatic rings. The van der Waals surface area contributed by atoms with Gasteiger partial charge in [0.25, 0.3) is 0 Å². The van der Waals surface area contributed by atoms with Crippen LogP contribution in [0.25, 0.3) is 0 Å². The Labute approximate surface area is 86.1 Å². The Morgan fingerprint density at radius 2 is 1.87 bits per heavy atom. The van der Waals surface area contributed by atoms with Crippen molar-refractivity contribution >= 4 is 12.1 Å². The molecule has 1 aromatic carbocycles. The Morgan fingerprint density at radius 3 is 2.33 bits per heavy atom. The number of carbonyl (C=O) groups is 1. The van der Waals surface area contributed by atoms with Crippen molar-refractivity contribution < 1.29 is 18.0 Å². The first-order valence-corrected chi connectivity index (χ1v) is 4.41. The lowest BCUT2D eigenvalue weighted by Crippen LogP contribution is -2.05. The molecule has 1 amide bonds. The lowest BCUT2D eigenvalue weighted by Gasteiger charge is -2.07. The topological polar surface area (TPSA) is 29.1 Å². The molecule has 0 heterocycles. The van der Waals surface area contributed by atoms with Gasteiger partial charge in [-0.25, -0.2) is 0 Å². The molecular weight excluding hydrogens is 207 g/mol. The minimum Gasteiger partial charge on any atom is -0.329 e. The zero-order chi connectivity index (χ0) is 11.9. The van der Waals surface area contributed by atoms with E-state index >= 15 is 0 Å². The van der Waals surface area contributed by atoms with Crippen LogP contribution in [-0.4, -0.2) is 6.41 Å². The van der Waals surface area contributed by atoms with Gasteiger partial charge in [-0.3, -0.25) is 4.79 Å². The molecule has 0 radical (unpaired) electrons. The van der Waals surface area contributed by atoms with E-state index in [0.717, 1.165) is 12.1 Å². The molecule has 0 saturated heterocycles. The van der Waals surface area contributed by atoms with Crippen molar-refractivity contribution in [1.29, 1.82) is 0 Å². The van der Waals surface area contributed by atoms with Crippen molar-refractivity contribution in [2.24, 2.45) is 0 Å². The standard InChI is InChI=1S/C8H6F3NO.C2H6/c9-8(10,11)6-2-1-3-7(4-6)12-5-13;1-2/h1-5H,(H,12,13);1-2H3. The van der Waals surface area contributed by atoms with Crippen LogP contribution < -0.4 is 5.32 Å². The van der Waals surface area contributed by atoms with E-state index in [2.05, 4.69) is 5.32 Å². The van der Waals surface area contributed by atoms with Crippen molar-refractivity contribution in [3.05, 3.63) is 29.8 Å². The molecule has 0 aromatic heterocycles. The number of anilines is 1. The van der Waals surface area contributed by atoms with Gasteiger partial charge in [-0.1, -0.05) is 19.9 Å². The highest BCUT2D eigenvalue weighted by atomic mass is 19.4. The fourth-order valence-corrected chi connectivity index (χ4v) is 0.853. The summed E-state index contributed by atoms with van der Waals surface area (Å²) >= 11 is 0. The van der Waals surface area contributed by atoms with Crippen LogP contribution >= 0.6 is 0 Å². The van der Waals surface area contributed by atoms with Crippen LogP contribution in [-0.2, 0) is 11.0 Å². The van der Waals surface area contributed by atoms with Crippen LogP contribution in [0.1, 0.15) is 19.4 Å². The van der Waals surface area contributed by atoms with Crippen molar-refractivity contribution in [3.63, 3.8) is 0 Å². The van der Waals surface area contributed by atoms with E-state index in [1.807, 2.05) is 13.8 Å². The maximum atomic E-state index is 12.1. The third kappa shape index (κ3) is 4.49. The highest BCUT2D eigenvalue weighted by Gasteiger charge is 2.30. The summed E-state index contributed by atoms with van der Waals surface area (Å²) in [5, 5.41) is 2.14. The quantitative estimate of drug-likeness (QED) is 0.759. The number of halogens is 3. The maximum absolute atomic E-state index is 12.1. The first kappa shape index (κ1) is 13.5. The summed E-state index contributed by atoms with van der Waals surface area (Å²) in [5.41, 5.74) is -0.649. The van der Waals surface area contributed by atoms with Crippen LogP contribution in [0.5, 0.6) is 0 Å². The van der Waals surface area contributed by atoms with Gasteiger partial charge in [-0.2, -0.15) is 13.2 Å². The average Bonchev–Trinajstić information content (AvgIpc) is 2.21. The summed E-state index contributed by atoms with van der Waals surface area (Å²) in [5.74, 6) is 0. The van der Waals surface area contributed by atoms with E-state index in [0.29, 0.717) is 6.41 Å². The van der Waals surface area contributed by atoms with Crippen LogP contribution in [0.4, 0.5) is 18.9 Å². The van der Waals surface area contributed by atoms with Crippen LogP contribution in [0.15, 0.2) is 24.3 Å². The van der Waals surface area contributed by atoms with E-state index in [4.69, 9.17) is 0 Å². The molecule has 0 aliphatic heterocycles. The second kappa shape index (κ2) is 6.06. The van der Waals surface area contributed by atoms with E-state index in [1.54, 1.807) is 0 Å². The lowest BCUT2D eigenvalue weighted by atomic mass is 10.2. The molecule has 1 rings (SSSR count). The maximum Gasteiger partial charge on any atom is 0.416 e. The fraction of sp³-hybridized carbons (Fsp3) is 0.300. The average molecular weight is 219 g/mol. The third-order valence-electron chi connectivity index (χ3n) is 1.42. The summed E-state index contributed by atoms with van der Waals surface area (Å²) in [6, 6.07) is 4.42. The summed E-state index contributed by atoms with van der Waals surface area (Å²) < 4.78 is 36.3. The summed E-state index contributed by atoms with van der Waals surface area (Å²) in [6.07, 6.45) is -4.05. The Morgan fingerprint density at radius 1 is 1.27 bits per heavy atom. The molecule has 0 spiro atoms. The molecule has 15 heavy (non-hydrogen) atoms. The number of carbonyl (C=O) groups excluding carboxylic acids is 1. The molecule has 0 aliphatic carbocycles. The Hall–Kier alpha value is -1.52. The molecule has 84 valence electrons. The normalized spacial score (nSPS) is 9.93. The molecule has 0 unspecified atom stereocenters. The Kier molecular flexibility index (Phi) is 5.44. The van der Waals surface area contributed by atoms with E-state index in [1.165, 1.54) is 12.1 Å². The Balaban J connectivity index is 0.000000921. The van der Waals surface area contributed by atoms with Crippen molar-refractivity contribution in [2.75, 3.05) is 5.32 Å². The SMILES string of the molecule is CC.O=CNc1cccc(C(F)(F)F)c1. The van der Waals surface area contributed by atoms with Gasteiger partial charge in [0, 0.05) is 5.69 Å². The van der Waals surface area contributed by atoms with Crippen LogP contribution in [0.2, 0.25) is 0 Å². The summed E-state index contributed by atoms with van der Waals surface area (Å²) in [7, 11) is 0. The van der Waals surface area contributed by atoms with Crippen LogP contribution in [0.3, 0.4) is 0 Å². The van der Waals surface area contributed by atoms with Crippen molar-refractivity contribution in [2.45, 2.75) is 20.0 Å². The largest absolute Gasteiger partial charge is 0.416 e. The fourth-order valence-electron chi connectivity index (χ4n) is 0.853. The van der Waals surface area contributed by atoms with Gasteiger partial charge < -0.3 is 5.32 Å². The smallest absolute Gasteiger partial charge is 0.329 e. The monoisotopic (exact) mass is 219 g/mol. The van der Waals surface area contributed by atoms with Gasteiger partial charge >= 0.3 is 6.18 Å². The van der Waals surface area contributed by atoms with Crippen LogP contribution in [0, 0.1) is 0 Å². The number of benzene rings is 1. The van der Waals surface area contributed by atoms with Gasteiger partial charge in [0.05, 0.1) is 5.56 Å². The minimum absolute atomic E-state index is 0.129.